The van der Waals surface area contributed by atoms with Crippen molar-refractivity contribution < 1.29 is 15.3 Å². The summed E-state index contributed by atoms with van der Waals surface area (Å²) in [6, 6.07) is 14.5. The van der Waals surface area contributed by atoms with Crippen LogP contribution in [0.4, 0.5) is 0 Å². The number of benzene rings is 2. The van der Waals surface area contributed by atoms with Gasteiger partial charge in [0.25, 0.3) is 0 Å². The number of aryl methyl sites for hydroxylation is 1. The van der Waals surface area contributed by atoms with Gasteiger partial charge in [-0.15, -0.1) is 0 Å². The number of carbonyl (C=O) groups is 1. The van der Waals surface area contributed by atoms with Crippen LogP contribution in [0, 0.1) is 23.7 Å². The van der Waals surface area contributed by atoms with E-state index >= 15 is 0 Å². The predicted molar refractivity (Wildman–Crippen MR) is 133 cm³/mol. The summed E-state index contributed by atoms with van der Waals surface area (Å²) in [5.41, 5.74) is 9.45. The number of methoxy groups -OCH3 is 1. The fraction of sp³-hybridized carbons (Fsp3) is 0.357. The van der Waals surface area contributed by atoms with Crippen LogP contribution in [-0.2, 0) is 6.54 Å². The van der Waals surface area contributed by atoms with Gasteiger partial charge in [-0.2, -0.15) is 5.26 Å². The first-order valence-corrected chi connectivity index (χ1v) is 11.7. The maximum absolute atomic E-state index is 11.7. The number of ether oxygens (including phenoxy) is 1. The van der Waals surface area contributed by atoms with Gasteiger partial charge >= 0.3 is 5.91 Å². The third-order valence-corrected chi connectivity index (χ3v) is 7.12. The fourth-order valence-corrected chi connectivity index (χ4v) is 5.31. The van der Waals surface area contributed by atoms with Crippen LogP contribution in [0.15, 0.2) is 54.2 Å². The number of rotatable bonds is 6. The van der Waals surface area contributed by atoms with Gasteiger partial charge in [-0.05, 0) is 74.0 Å². The number of H-pyrrole nitrogens is 1. The summed E-state index contributed by atoms with van der Waals surface area (Å²) in [7, 11) is 1.73. The van der Waals surface area contributed by atoms with Gasteiger partial charge in [0.2, 0.25) is 0 Å². The zero-order valence-electron chi connectivity index (χ0n) is 20.7. The fourth-order valence-electron chi connectivity index (χ4n) is 5.31. The largest absolute Gasteiger partial charge is 0.496 e. The Balaban J connectivity index is 0.00000342. The second-order valence-electron chi connectivity index (χ2n) is 9.72. The SMILES string of the molecule is COc1cc(C)c2[nH]ccc2c1CN1CCC(C)(C=C(C)C#N)C[C@H]1c1ccc(C([NH3+])=O)cc1.[Lr]. The molecule has 3 aromatic rings. The third kappa shape index (κ3) is 4.93. The van der Waals surface area contributed by atoms with Crippen molar-refractivity contribution in [3.63, 3.8) is 0 Å². The molecule has 0 saturated carbocycles. The van der Waals surface area contributed by atoms with E-state index in [9.17, 15) is 10.1 Å². The molecule has 191 valence electrons. The van der Waals surface area contributed by atoms with Crippen molar-refractivity contribution in [3.8, 4) is 11.8 Å². The van der Waals surface area contributed by atoms with Gasteiger partial charge in [0.15, 0.2) is 0 Å². The van der Waals surface area contributed by atoms with Crippen LogP contribution in [0.1, 0.15) is 59.8 Å². The van der Waals surface area contributed by atoms with Crippen LogP contribution >= 0.6 is 0 Å². The van der Waals surface area contributed by atoms with E-state index in [2.05, 4.69) is 53.7 Å². The van der Waals surface area contributed by atoms with Crippen LogP contribution in [0.3, 0.4) is 0 Å². The van der Waals surface area contributed by atoms with Crippen molar-refractivity contribution in [1.29, 1.82) is 5.26 Å². The first-order chi connectivity index (χ1) is 16.2. The van der Waals surface area contributed by atoms with E-state index in [-0.39, 0.29) is 17.4 Å². The van der Waals surface area contributed by atoms with E-state index in [0.29, 0.717) is 5.56 Å². The molecule has 1 unspecified atom stereocenters. The number of hydrogen-bond donors (Lipinski definition) is 2. The molecule has 1 fully saturated rings. The molecule has 0 aliphatic carbocycles. The number of amides is 1. The van der Waals surface area contributed by atoms with Crippen molar-refractivity contribution in [2.45, 2.75) is 46.2 Å². The van der Waals surface area contributed by atoms with Gasteiger partial charge in [-0.1, -0.05) is 25.1 Å². The van der Waals surface area contributed by atoms with E-state index in [0.717, 1.165) is 53.9 Å². The number of aromatic amines is 1. The molecule has 2 atom stereocenters. The minimum absolute atomic E-state index is 0. The molecule has 6 nitrogen and oxygen atoms in total. The summed E-state index contributed by atoms with van der Waals surface area (Å²) >= 11 is 0. The van der Waals surface area contributed by atoms with E-state index in [4.69, 9.17) is 4.74 Å². The number of allylic oxidation sites excluding steroid dienone is 2. The molecule has 0 bridgehead atoms. The van der Waals surface area contributed by atoms with Gasteiger partial charge < -0.3 is 9.72 Å². The smallest absolute Gasteiger partial charge is 0.340 e. The Morgan fingerprint density at radius 2 is 2.06 bits per heavy atom. The Morgan fingerprint density at radius 1 is 1.34 bits per heavy atom. The van der Waals surface area contributed by atoms with Crippen LogP contribution < -0.4 is 10.5 Å². The van der Waals surface area contributed by atoms with Gasteiger partial charge in [-0.25, -0.2) is 4.79 Å². The van der Waals surface area contributed by atoms with Crippen molar-refractivity contribution in [2.24, 2.45) is 5.41 Å². The molecule has 1 aliphatic heterocycles. The van der Waals surface area contributed by atoms with E-state index < -0.39 is 0 Å². The monoisotopic (exact) mass is 719 g/mol. The second kappa shape index (κ2) is 9.84. The number of nitrogens with zero attached hydrogens (tertiary/aromatic N) is 2. The van der Waals surface area contributed by atoms with Crippen molar-refractivity contribution >= 4 is 16.8 Å². The predicted octanol–water partition coefficient (Wildman–Crippen LogP) is 4.68. The zero-order valence-corrected chi connectivity index (χ0v) is 22.9. The summed E-state index contributed by atoms with van der Waals surface area (Å²) in [5, 5.41) is 10.6. The maximum atomic E-state index is 11.7. The Kier molecular flexibility index (Phi) is 7.09. The van der Waals surface area contributed by atoms with Gasteiger partial charge in [0.05, 0.1) is 18.7 Å². The molecule has 35 heavy (non-hydrogen) atoms. The Morgan fingerprint density at radius 3 is 2.69 bits per heavy atom. The minimum atomic E-state index is -0.177. The molecule has 2 aromatic carbocycles. The number of piperidine rings is 1. The maximum Gasteiger partial charge on any atom is 0.340 e. The summed E-state index contributed by atoms with van der Waals surface area (Å²) in [5.74, 6) is 0.721. The average molecular weight is 720 g/mol. The summed E-state index contributed by atoms with van der Waals surface area (Å²) in [4.78, 5) is 17.6. The van der Waals surface area contributed by atoms with Crippen LogP contribution in [-0.4, -0.2) is 29.4 Å². The number of carbonyl (C=O) groups excluding carboxylic acids is 1. The number of hydrogen-bond acceptors (Lipinski definition) is 4. The molecular formula is C28H33LrN4O2+. The molecule has 1 aromatic heterocycles. The zero-order chi connectivity index (χ0) is 24.5. The van der Waals surface area contributed by atoms with Crippen molar-refractivity contribution in [2.75, 3.05) is 13.7 Å². The average Bonchev–Trinajstić information content (AvgIpc) is 3.32. The van der Waals surface area contributed by atoms with Crippen molar-refractivity contribution in [3.05, 3.63) is 76.5 Å². The van der Waals surface area contributed by atoms with Crippen molar-refractivity contribution in [1.82, 2.24) is 9.88 Å². The van der Waals surface area contributed by atoms with Crippen LogP contribution in [0.5, 0.6) is 5.75 Å². The Hall–Kier alpha value is -4.40. The minimum Gasteiger partial charge on any atom is -0.496 e. The summed E-state index contributed by atoms with van der Waals surface area (Å²) < 4.78 is 5.81. The standard InChI is InChI=1S/C28H32N4O2.Lr/c1-18(16-29)14-28(3)10-12-32(24(15-28)20-5-7-21(8-6-20)27(30)33)17-23-22-9-11-31-26(22)19(2)13-25(23)34-4;/h5-9,11,13-14,24,31H,10,12,15,17H2,1-4H3,(H2,30,33);/p+1/t24-,28?;/m0./s1. The summed E-state index contributed by atoms with van der Waals surface area (Å²) in [6.07, 6.45) is 5.95. The molecule has 0 spiro atoms. The molecule has 4 rings (SSSR count). The molecule has 1 amide bonds. The Bertz CT molecular complexity index is 1290. The van der Waals surface area contributed by atoms with E-state index in [1.54, 1.807) is 7.11 Å². The number of likely N-dealkylation sites (tertiary alicyclic amines) is 1. The first-order valence-electron chi connectivity index (χ1n) is 11.7. The van der Waals surface area contributed by atoms with E-state index in [1.807, 2.05) is 37.4 Å². The van der Waals surface area contributed by atoms with E-state index in [1.165, 1.54) is 10.9 Å². The summed E-state index contributed by atoms with van der Waals surface area (Å²) in [6.45, 7) is 7.84. The quantitative estimate of drug-likeness (QED) is 0.362. The van der Waals surface area contributed by atoms with Gasteiger partial charge in [0.1, 0.15) is 5.75 Å². The molecule has 2 heterocycles. The molecule has 1 saturated heterocycles. The van der Waals surface area contributed by atoms with Gasteiger partial charge in [0, 0.05) is 40.8 Å². The number of nitriles is 1. The second-order valence-corrected chi connectivity index (χ2v) is 9.72. The third-order valence-electron chi connectivity index (χ3n) is 7.12. The number of fused-ring (bicyclic) bond motifs is 1. The topological polar surface area (TPSA) is 96.8 Å². The molecule has 1 radical (unpaired) electrons. The number of aromatic nitrogens is 1. The molecule has 7 heteroatoms. The molecule has 4 N–H and O–H groups in total. The number of quaternary nitrogens is 1. The van der Waals surface area contributed by atoms with Crippen LogP contribution in [0.2, 0.25) is 0 Å². The molecular weight excluding hydrogens is 686 g/mol. The van der Waals surface area contributed by atoms with Crippen LogP contribution in [0.25, 0.3) is 10.9 Å². The number of nitrogens with one attached hydrogen (secondary N) is 1. The first kappa shape index (κ1) is 25.2. The Labute approximate surface area is 201 Å². The normalized spacial score (nSPS) is 20.8. The van der Waals surface area contributed by atoms with Gasteiger partial charge in [-0.3, -0.25) is 10.6 Å². The molecule has 1 aliphatic rings.